The molecule has 0 saturated heterocycles. The maximum atomic E-state index is 13.8. The quantitative estimate of drug-likeness (QED) is 0.806. The van der Waals surface area contributed by atoms with Crippen LogP contribution in [0.3, 0.4) is 0 Å². The van der Waals surface area contributed by atoms with Crippen molar-refractivity contribution in [3.63, 3.8) is 0 Å². The van der Waals surface area contributed by atoms with Gasteiger partial charge >= 0.3 is 0 Å². The fourth-order valence-electron chi connectivity index (χ4n) is 1.70. The van der Waals surface area contributed by atoms with Crippen LogP contribution in [0.1, 0.15) is 6.42 Å². The Morgan fingerprint density at radius 3 is 2.44 bits per heavy atom. The van der Waals surface area contributed by atoms with E-state index < -0.39 is 17.7 Å². The summed E-state index contributed by atoms with van der Waals surface area (Å²) in [5.74, 6) is -1.50. The lowest BCUT2D eigenvalue weighted by atomic mass is 10.1. The molecule has 102 valence electrons. The summed E-state index contributed by atoms with van der Waals surface area (Å²) in [6.45, 7) is -0.403. The number of halogens is 2. The molecule has 0 heterocycles. The molecule has 1 aromatic carbocycles. The van der Waals surface area contributed by atoms with Gasteiger partial charge in [0, 0.05) is 25.8 Å². The lowest BCUT2D eigenvalue weighted by Crippen LogP contribution is -2.36. The molecule has 0 radical (unpaired) electrons. The molecule has 0 saturated carbocycles. The van der Waals surface area contributed by atoms with Gasteiger partial charge in [0.25, 0.3) is 0 Å². The zero-order valence-electron chi connectivity index (χ0n) is 10.4. The summed E-state index contributed by atoms with van der Waals surface area (Å²) in [7, 11) is 2.78. The van der Waals surface area contributed by atoms with Crippen LogP contribution in [0, 0.1) is 11.6 Å². The van der Waals surface area contributed by atoms with Crippen molar-refractivity contribution >= 4 is 5.69 Å². The first-order valence-electron chi connectivity index (χ1n) is 5.52. The normalized spacial score (nSPS) is 12.3. The number of benzene rings is 1. The summed E-state index contributed by atoms with van der Waals surface area (Å²) < 4.78 is 32.0. The molecule has 1 rings (SSSR count). The Balaban J connectivity index is 3.04. The van der Waals surface area contributed by atoms with Gasteiger partial charge in [-0.25, -0.2) is 8.78 Å². The van der Waals surface area contributed by atoms with Crippen LogP contribution in [0.15, 0.2) is 12.1 Å². The third kappa shape index (κ3) is 3.08. The second-order valence-corrected chi connectivity index (χ2v) is 3.90. The van der Waals surface area contributed by atoms with Crippen LogP contribution in [0.25, 0.3) is 0 Å². The highest BCUT2D eigenvalue weighted by atomic mass is 19.1. The molecule has 0 aromatic heterocycles. The molecule has 0 aliphatic carbocycles. The zero-order chi connectivity index (χ0) is 13.7. The molecule has 1 aromatic rings. The number of nitrogens with zero attached hydrogens (tertiary/aromatic N) is 1. The van der Waals surface area contributed by atoms with Gasteiger partial charge in [0.05, 0.1) is 25.4 Å². The van der Waals surface area contributed by atoms with Gasteiger partial charge in [-0.05, 0) is 6.42 Å². The van der Waals surface area contributed by atoms with Crippen LogP contribution in [0.2, 0.25) is 0 Å². The average Bonchev–Trinajstić information content (AvgIpc) is 2.37. The minimum absolute atomic E-state index is 0.0146. The summed E-state index contributed by atoms with van der Waals surface area (Å²) in [5.41, 5.74) is 0.0146. The SMILES string of the molecule is COc1cc(F)c(N(C)C(CO)CCO)cc1F. The van der Waals surface area contributed by atoms with Gasteiger partial charge < -0.3 is 19.8 Å². The first kappa shape index (κ1) is 14.7. The van der Waals surface area contributed by atoms with Crippen molar-refractivity contribution < 1.29 is 23.7 Å². The van der Waals surface area contributed by atoms with E-state index in [1.54, 1.807) is 0 Å². The van der Waals surface area contributed by atoms with Gasteiger partial charge in [-0.3, -0.25) is 0 Å². The predicted octanol–water partition coefficient (Wildman–Crippen LogP) is 1.15. The lowest BCUT2D eigenvalue weighted by molar-refractivity contribution is 0.217. The molecule has 2 N–H and O–H groups in total. The van der Waals surface area contributed by atoms with Crippen molar-refractivity contribution in [2.75, 3.05) is 32.3 Å². The molecule has 18 heavy (non-hydrogen) atoms. The summed E-state index contributed by atoms with van der Waals surface area (Å²) in [6, 6.07) is 1.49. The van der Waals surface area contributed by atoms with E-state index in [-0.39, 0.29) is 31.1 Å². The second-order valence-electron chi connectivity index (χ2n) is 3.90. The van der Waals surface area contributed by atoms with Crippen molar-refractivity contribution in [3.05, 3.63) is 23.8 Å². The molecule has 0 amide bonds. The van der Waals surface area contributed by atoms with E-state index in [9.17, 15) is 8.78 Å². The summed E-state index contributed by atoms with van der Waals surface area (Å²) >= 11 is 0. The van der Waals surface area contributed by atoms with E-state index in [4.69, 9.17) is 10.2 Å². The minimum Gasteiger partial charge on any atom is -0.494 e. The maximum absolute atomic E-state index is 13.8. The van der Waals surface area contributed by atoms with Gasteiger partial charge in [0.1, 0.15) is 5.82 Å². The zero-order valence-corrected chi connectivity index (χ0v) is 10.4. The highest BCUT2D eigenvalue weighted by molar-refractivity contribution is 5.51. The Bertz CT molecular complexity index is 401. The van der Waals surface area contributed by atoms with Crippen molar-refractivity contribution in [2.24, 2.45) is 0 Å². The minimum atomic E-state index is -0.679. The standard InChI is InChI=1S/C12H17F2NO3/c1-15(8(7-17)3-4-16)11-5-10(14)12(18-2)6-9(11)13/h5-6,8,16-17H,3-4,7H2,1-2H3. The highest BCUT2D eigenvalue weighted by Gasteiger charge is 2.19. The van der Waals surface area contributed by atoms with Gasteiger partial charge in [0.2, 0.25) is 0 Å². The van der Waals surface area contributed by atoms with E-state index in [0.717, 1.165) is 12.1 Å². The third-order valence-electron chi connectivity index (χ3n) is 2.82. The average molecular weight is 261 g/mol. The second kappa shape index (κ2) is 6.51. The molecule has 6 heteroatoms. The Morgan fingerprint density at radius 2 is 1.94 bits per heavy atom. The Hall–Kier alpha value is -1.40. The number of hydrogen-bond acceptors (Lipinski definition) is 4. The number of aliphatic hydroxyl groups excluding tert-OH is 2. The van der Waals surface area contributed by atoms with Crippen LogP contribution in [-0.4, -0.2) is 43.6 Å². The van der Waals surface area contributed by atoms with Crippen LogP contribution in [0.5, 0.6) is 5.75 Å². The van der Waals surface area contributed by atoms with E-state index in [0.29, 0.717) is 0 Å². The number of methoxy groups -OCH3 is 1. The van der Waals surface area contributed by atoms with Crippen molar-refractivity contribution in [2.45, 2.75) is 12.5 Å². The molecule has 0 aliphatic heterocycles. The molecular formula is C12H17F2NO3. The van der Waals surface area contributed by atoms with Crippen molar-refractivity contribution in [3.8, 4) is 5.75 Å². The number of rotatable bonds is 6. The number of aliphatic hydroxyl groups is 2. The fourth-order valence-corrected chi connectivity index (χ4v) is 1.70. The predicted molar refractivity (Wildman–Crippen MR) is 63.9 cm³/mol. The lowest BCUT2D eigenvalue weighted by Gasteiger charge is -2.28. The van der Waals surface area contributed by atoms with E-state index in [2.05, 4.69) is 4.74 Å². The van der Waals surface area contributed by atoms with E-state index in [1.807, 2.05) is 0 Å². The number of ether oxygens (including phenoxy) is 1. The number of hydrogen-bond donors (Lipinski definition) is 2. The summed E-state index contributed by atoms with van der Waals surface area (Å²) in [4.78, 5) is 1.40. The van der Waals surface area contributed by atoms with Gasteiger partial charge in [0.15, 0.2) is 11.6 Å². The molecular weight excluding hydrogens is 244 g/mol. The maximum Gasteiger partial charge on any atom is 0.167 e. The third-order valence-corrected chi connectivity index (χ3v) is 2.82. The topological polar surface area (TPSA) is 52.9 Å². The largest absolute Gasteiger partial charge is 0.494 e. The Labute approximate surface area is 104 Å². The molecule has 0 aliphatic rings. The first-order valence-corrected chi connectivity index (χ1v) is 5.52. The molecule has 1 unspecified atom stereocenters. The number of anilines is 1. The molecule has 0 fully saturated rings. The Kier molecular flexibility index (Phi) is 5.30. The fraction of sp³-hybridized carbons (Fsp3) is 0.500. The monoisotopic (exact) mass is 261 g/mol. The molecule has 0 bridgehead atoms. The Morgan fingerprint density at radius 1 is 1.28 bits per heavy atom. The first-order chi connectivity index (χ1) is 8.54. The number of likely N-dealkylation sites (N-methyl/N-ethyl adjacent to an activating group) is 1. The van der Waals surface area contributed by atoms with Crippen LogP contribution in [-0.2, 0) is 0 Å². The van der Waals surface area contributed by atoms with Crippen LogP contribution < -0.4 is 9.64 Å². The molecule has 0 spiro atoms. The van der Waals surface area contributed by atoms with Gasteiger partial charge in [-0.15, -0.1) is 0 Å². The van der Waals surface area contributed by atoms with Crippen molar-refractivity contribution in [1.82, 2.24) is 0 Å². The molecule has 4 nitrogen and oxygen atoms in total. The summed E-state index contributed by atoms with van der Waals surface area (Å²) in [6.07, 6.45) is 0.264. The van der Waals surface area contributed by atoms with E-state index in [1.165, 1.54) is 19.1 Å². The van der Waals surface area contributed by atoms with Gasteiger partial charge in [-0.2, -0.15) is 0 Å². The highest BCUT2D eigenvalue weighted by Crippen LogP contribution is 2.28. The molecule has 1 atom stereocenters. The van der Waals surface area contributed by atoms with Crippen LogP contribution in [0.4, 0.5) is 14.5 Å². The van der Waals surface area contributed by atoms with Crippen LogP contribution >= 0.6 is 0 Å². The smallest absolute Gasteiger partial charge is 0.167 e. The van der Waals surface area contributed by atoms with Crippen molar-refractivity contribution in [1.29, 1.82) is 0 Å². The van der Waals surface area contributed by atoms with E-state index >= 15 is 0 Å². The summed E-state index contributed by atoms with van der Waals surface area (Å²) in [5, 5.41) is 18.0. The van der Waals surface area contributed by atoms with Gasteiger partial charge in [-0.1, -0.05) is 0 Å².